The van der Waals surface area contributed by atoms with Crippen molar-refractivity contribution in [1.82, 2.24) is 4.98 Å². The molecule has 1 aromatic rings. The van der Waals surface area contributed by atoms with E-state index in [1.54, 1.807) is 0 Å². The summed E-state index contributed by atoms with van der Waals surface area (Å²) in [5.74, 6) is -0.398. The molecule has 7 heteroatoms. The Morgan fingerprint density at radius 1 is 1.40 bits per heavy atom. The lowest BCUT2D eigenvalue weighted by Gasteiger charge is -2.16. The third kappa shape index (κ3) is 3.33. The highest BCUT2D eigenvalue weighted by atomic mass is 79.9. The number of ether oxygens (including phenoxy) is 1. The number of pyridine rings is 1. The molecular weight excluding hydrogens is 282 g/mol. The Morgan fingerprint density at radius 3 is 2.47 bits per heavy atom. The number of halogens is 5. The number of alkyl halides is 5. The Morgan fingerprint density at radius 2 is 2.07 bits per heavy atom. The molecule has 0 aliphatic heterocycles. The highest BCUT2D eigenvalue weighted by molar-refractivity contribution is 9.08. The van der Waals surface area contributed by atoms with Crippen molar-refractivity contribution < 1.29 is 22.3 Å². The summed E-state index contributed by atoms with van der Waals surface area (Å²) in [6, 6.07) is 2.55. The molecule has 0 atom stereocenters. The van der Waals surface area contributed by atoms with E-state index in [2.05, 4.69) is 25.7 Å². The zero-order valence-electron chi connectivity index (χ0n) is 7.26. The minimum Gasteiger partial charge on any atom is -0.427 e. The van der Waals surface area contributed by atoms with E-state index < -0.39 is 18.3 Å². The van der Waals surface area contributed by atoms with Gasteiger partial charge in [0, 0.05) is 5.33 Å². The zero-order chi connectivity index (χ0) is 11.5. The maximum absolute atomic E-state index is 12.4. The Hall–Kier alpha value is -0.850. The molecule has 0 bridgehead atoms. The standard InChI is InChI=1S/C8H6BrF4NO/c9-3-5-1-2-6(4-14-5)15-8(12,13)7(10)11/h1-2,4,7H,3H2. The van der Waals surface area contributed by atoms with E-state index in [1.807, 2.05) is 0 Å². The van der Waals surface area contributed by atoms with E-state index in [9.17, 15) is 17.6 Å². The van der Waals surface area contributed by atoms with E-state index in [1.165, 1.54) is 6.07 Å². The molecule has 0 unspecified atom stereocenters. The third-order valence-electron chi connectivity index (χ3n) is 1.44. The molecule has 1 heterocycles. The van der Waals surface area contributed by atoms with Crippen LogP contribution in [0.2, 0.25) is 0 Å². The third-order valence-corrected chi connectivity index (χ3v) is 2.02. The second-order valence-corrected chi connectivity index (χ2v) is 3.14. The van der Waals surface area contributed by atoms with Gasteiger partial charge in [0.2, 0.25) is 0 Å². The maximum atomic E-state index is 12.4. The van der Waals surface area contributed by atoms with Crippen LogP contribution in [-0.2, 0) is 5.33 Å². The Labute approximate surface area is 91.4 Å². The molecule has 0 aliphatic carbocycles. The van der Waals surface area contributed by atoms with Crippen molar-refractivity contribution in [2.24, 2.45) is 0 Å². The normalized spacial score (nSPS) is 11.9. The maximum Gasteiger partial charge on any atom is 0.461 e. The second-order valence-electron chi connectivity index (χ2n) is 2.58. The molecule has 0 aliphatic rings. The Balaban J connectivity index is 2.73. The van der Waals surface area contributed by atoms with Gasteiger partial charge in [-0.3, -0.25) is 4.98 Å². The summed E-state index contributed by atoms with van der Waals surface area (Å²) in [6.07, 6.45) is -7.39. The van der Waals surface area contributed by atoms with Gasteiger partial charge in [0.05, 0.1) is 11.9 Å². The quantitative estimate of drug-likeness (QED) is 0.627. The summed E-state index contributed by atoms with van der Waals surface area (Å²) in [5.41, 5.74) is 0.586. The zero-order valence-corrected chi connectivity index (χ0v) is 8.85. The fraction of sp³-hybridized carbons (Fsp3) is 0.375. The van der Waals surface area contributed by atoms with Gasteiger partial charge in [-0.25, -0.2) is 0 Å². The van der Waals surface area contributed by atoms with Crippen LogP contribution >= 0.6 is 15.9 Å². The van der Waals surface area contributed by atoms with Crippen molar-refractivity contribution in [3.8, 4) is 5.75 Å². The van der Waals surface area contributed by atoms with Crippen molar-refractivity contribution in [3.63, 3.8) is 0 Å². The van der Waals surface area contributed by atoms with Crippen LogP contribution in [0, 0.1) is 0 Å². The highest BCUT2D eigenvalue weighted by Gasteiger charge is 2.43. The first-order valence-electron chi connectivity index (χ1n) is 3.81. The summed E-state index contributed by atoms with van der Waals surface area (Å²) in [4.78, 5) is 3.69. The minimum absolute atomic E-state index is 0.398. The van der Waals surface area contributed by atoms with Crippen molar-refractivity contribution >= 4 is 15.9 Å². The minimum atomic E-state index is -4.49. The smallest absolute Gasteiger partial charge is 0.427 e. The van der Waals surface area contributed by atoms with Crippen LogP contribution in [0.4, 0.5) is 17.6 Å². The second kappa shape index (κ2) is 4.78. The highest BCUT2D eigenvalue weighted by Crippen LogP contribution is 2.26. The molecule has 0 saturated carbocycles. The van der Waals surface area contributed by atoms with Crippen LogP contribution in [-0.4, -0.2) is 17.5 Å². The van der Waals surface area contributed by atoms with Gasteiger partial charge in [-0.2, -0.15) is 17.6 Å². The van der Waals surface area contributed by atoms with Gasteiger partial charge in [0.15, 0.2) is 0 Å². The Kier molecular flexibility index (Phi) is 3.90. The fourth-order valence-electron chi connectivity index (χ4n) is 0.752. The Bertz CT molecular complexity index is 317. The topological polar surface area (TPSA) is 22.1 Å². The van der Waals surface area contributed by atoms with Crippen molar-refractivity contribution in [3.05, 3.63) is 24.0 Å². The van der Waals surface area contributed by atoms with Crippen LogP contribution in [0.5, 0.6) is 5.75 Å². The van der Waals surface area contributed by atoms with Gasteiger partial charge in [0.1, 0.15) is 5.75 Å². The van der Waals surface area contributed by atoms with Crippen LogP contribution in [0.25, 0.3) is 0 Å². The van der Waals surface area contributed by atoms with Crippen LogP contribution < -0.4 is 4.74 Å². The molecule has 1 aromatic heterocycles. The SMILES string of the molecule is FC(F)C(F)(F)Oc1ccc(CBr)nc1. The summed E-state index contributed by atoms with van der Waals surface area (Å²) in [5, 5.41) is 0.443. The molecule has 1 rings (SSSR count). The summed E-state index contributed by atoms with van der Waals surface area (Å²) >= 11 is 3.10. The predicted molar refractivity (Wildman–Crippen MR) is 48.4 cm³/mol. The van der Waals surface area contributed by atoms with Crippen molar-refractivity contribution in [2.45, 2.75) is 17.9 Å². The van der Waals surface area contributed by atoms with Gasteiger partial charge in [-0.1, -0.05) is 15.9 Å². The molecule has 84 valence electrons. The van der Waals surface area contributed by atoms with E-state index >= 15 is 0 Å². The molecule has 0 saturated heterocycles. The van der Waals surface area contributed by atoms with Crippen LogP contribution in [0.1, 0.15) is 5.69 Å². The first-order chi connectivity index (χ1) is 6.95. The van der Waals surface area contributed by atoms with Gasteiger partial charge >= 0.3 is 12.5 Å². The molecule has 0 aromatic carbocycles. The lowest BCUT2D eigenvalue weighted by Crippen LogP contribution is -2.33. The van der Waals surface area contributed by atoms with E-state index in [4.69, 9.17) is 0 Å². The molecule has 15 heavy (non-hydrogen) atoms. The summed E-state index contributed by atoms with van der Waals surface area (Å²) < 4.78 is 52.1. The first-order valence-corrected chi connectivity index (χ1v) is 4.93. The molecule has 0 radical (unpaired) electrons. The number of hydrogen-bond acceptors (Lipinski definition) is 2. The van der Waals surface area contributed by atoms with E-state index in [-0.39, 0.29) is 0 Å². The number of hydrogen-bond donors (Lipinski definition) is 0. The number of aromatic nitrogens is 1. The number of rotatable bonds is 4. The van der Waals surface area contributed by atoms with Crippen molar-refractivity contribution in [1.29, 1.82) is 0 Å². The fourth-order valence-corrected chi connectivity index (χ4v) is 1.08. The molecule has 0 N–H and O–H groups in total. The van der Waals surface area contributed by atoms with Crippen LogP contribution in [0.3, 0.4) is 0 Å². The predicted octanol–water partition coefficient (Wildman–Crippen LogP) is 3.21. The van der Waals surface area contributed by atoms with Crippen molar-refractivity contribution in [2.75, 3.05) is 0 Å². The first kappa shape index (κ1) is 12.2. The molecule has 0 amide bonds. The largest absolute Gasteiger partial charge is 0.461 e. The number of nitrogens with zero attached hydrogens (tertiary/aromatic N) is 1. The average molecular weight is 288 g/mol. The van der Waals surface area contributed by atoms with Gasteiger partial charge < -0.3 is 4.74 Å². The summed E-state index contributed by atoms with van der Waals surface area (Å²) in [6.45, 7) is 0. The monoisotopic (exact) mass is 287 g/mol. The van der Waals surface area contributed by atoms with Gasteiger partial charge in [-0.05, 0) is 12.1 Å². The molecule has 0 spiro atoms. The summed E-state index contributed by atoms with van der Waals surface area (Å²) in [7, 11) is 0. The van der Waals surface area contributed by atoms with E-state index in [0.717, 1.165) is 12.3 Å². The lowest BCUT2D eigenvalue weighted by molar-refractivity contribution is -0.253. The molecule has 2 nitrogen and oxygen atoms in total. The average Bonchev–Trinajstić information content (AvgIpc) is 2.18. The lowest BCUT2D eigenvalue weighted by atomic mass is 10.4. The molecular formula is C8H6BrF4NO. The molecule has 0 fully saturated rings. The van der Waals surface area contributed by atoms with E-state index in [0.29, 0.717) is 11.0 Å². The van der Waals surface area contributed by atoms with Gasteiger partial charge in [0.25, 0.3) is 0 Å². The van der Waals surface area contributed by atoms with Gasteiger partial charge in [-0.15, -0.1) is 0 Å². The van der Waals surface area contributed by atoms with Crippen LogP contribution in [0.15, 0.2) is 18.3 Å².